The molecule has 0 bridgehead atoms. The Morgan fingerprint density at radius 1 is 1.00 bits per heavy atom. The molecule has 0 saturated carbocycles. The van der Waals surface area contributed by atoms with Crippen LogP contribution in [0.2, 0.25) is 0 Å². The number of rotatable bonds is 10. The van der Waals surface area contributed by atoms with Gasteiger partial charge in [-0.05, 0) is 30.7 Å². The predicted molar refractivity (Wildman–Crippen MR) is 123 cm³/mol. The summed E-state index contributed by atoms with van der Waals surface area (Å²) in [7, 11) is -3.52. The molecule has 1 atom stereocenters. The SMILES string of the molecule is CCCCS(=O)(=O)N(Cc1ccco1)CC(O)Cn1c2ccccc2c2ccccc21. The number of fused-ring (bicyclic) bond motifs is 3. The van der Waals surface area contributed by atoms with Gasteiger partial charge in [-0.3, -0.25) is 0 Å². The molecule has 0 amide bonds. The zero-order chi connectivity index (χ0) is 21.8. The van der Waals surface area contributed by atoms with Crippen molar-refractivity contribution in [1.29, 1.82) is 0 Å². The van der Waals surface area contributed by atoms with Crippen LogP contribution in [0.5, 0.6) is 0 Å². The molecule has 0 aliphatic rings. The van der Waals surface area contributed by atoms with Gasteiger partial charge in [0.25, 0.3) is 0 Å². The van der Waals surface area contributed by atoms with Gasteiger partial charge in [0.15, 0.2) is 0 Å². The first kappa shape index (κ1) is 21.6. The number of benzene rings is 2. The molecular weight excluding hydrogens is 412 g/mol. The van der Waals surface area contributed by atoms with E-state index in [4.69, 9.17) is 4.42 Å². The number of nitrogens with zero attached hydrogens (tertiary/aromatic N) is 2. The molecule has 0 aliphatic heterocycles. The predicted octanol–water partition coefficient (Wildman–Crippen LogP) is 4.38. The molecule has 4 rings (SSSR count). The van der Waals surface area contributed by atoms with E-state index in [-0.39, 0.29) is 18.8 Å². The minimum atomic E-state index is -3.52. The third-order valence-corrected chi connectivity index (χ3v) is 7.42. The van der Waals surface area contributed by atoms with Crippen molar-refractivity contribution in [2.75, 3.05) is 12.3 Å². The summed E-state index contributed by atoms with van der Waals surface area (Å²) in [5, 5.41) is 13.2. The molecule has 31 heavy (non-hydrogen) atoms. The van der Waals surface area contributed by atoms with Crippen molar-refractivity contribution in [1.82, 2.24) is 8.87 Å². The topological polar surface area (TPSA) is 75.7 Å². The minimum absolute atomic E-state index is 0.00752. The summed E-state index contributed by atoms with van der Waals surface area (Å²) in [5.41, 5.74) is 2.04. The van der Waals surface area contributed by atoms with E-state index in [2.05, 4.69) is 16.7 Å². The average Bonchev–Trinajstić information content (AvgIpc) is 3.39. The van der Waals surface area contributed by atoms with Crippen molar-refractivity contribution in [2.45, 2.75) is 39.0 Å². The normalized spacial score (nSPS) is 13.4. The van der Waals surface area contributed by atoms with Crippen LogP contribution in [0.25, 0.3) is 21.8 Å². The summed E-state index contributed by atoms with van der Waals surface area (Å²) in [4.78, 5) is 0. The fourth-order valence-electron chi connectivity index (χ4n) is 4.01. The molecule has 0 spiro atoms. The molecule has 164 valence electrons. The number of sulfonamides is 1. The Balaban J connectivity index is 1.61. The smallest absolute Gasteiger partial charge is 0.214 e. The second-order valence-electron chi connectivity index (χ2n) is 7.84. The van der Waals surface area contributed by atoms with Crippen molar-refractivity contribution in [3.63, 3.8) is 0 Å². The summed E-state index contributed by atoms with van der Waals surface area (Å²) >= 11 is 0. The lowest BCUT2D eigenvalue weighted by Gasteiger charge is -2.24. The standard InChI is InChI=1S/C24H28N2O4S/c1-2-3-15-31(28,29)25(18-20-9-8-14-30-20)16-19(27)17-26-23-12-6-4-10-21(23)22-11-5-7-13-24(22)26/h4-14,19,27H,2-3,15-18H2,1H3. The molecule has 2 aromatic carbocycles. The van der Waals surface area contributed by atoms with Crippen LogP contribution < -0.4 is 0 Å². The van der Waals surface area contributed by atoms with Crippen LogP contribution in [0.1, 0.15) is 25.5 Å². The van der Waals surface area contributed by atoms with Gasteiger partial charge in [-0.2, -0.15) is 4.31 Å². The highest BCUT2D eigenvalue weighted by Crippen LogP contribution is 2.29. The lowest BCUT2D eigenvalue weighted by Crippen LogP contribution is -2.39. The van der Waals surface area contributed by atoms with Crippen LogP contribution in [0, 0.1) is 0 Å². The maximum absolute atomic E-state index is 12.9. The second-order valence-corrected chi connectivity index (χ2v) is 9.93. The third-order valence-electron chi connectivity index (χ3n) is 5.55. The van der Waals surface area contributed by atoms with Gasteiger partial charge in [-0.25, -0.2) is 8.42 Å². The van der Waals surface area contributed by atoms with E-state index < -0.39 is 16.1 Å². The van der Waals surface area contributed by atoms with Crippen molar-refractivity contribution >= 4 is 31.8 Å². The molecule has 6 nitrogen and oxygen atoms in total. The fourth-order valence-corrected chi connectivity index (χ4v) is 5.65. The molecule has 0 saturated heterocycles. The molecule has 1 N–H and O–H groups in total. The van der Waals surface area contributed by atoms with Crippen LogP contribution in [0.15, 0.2) is 71.3 Å². The summed E-state index contributed by atoms with van der Waals surface area (Å²) in [6, 6.07) is 19.6. The number of furan rings is 1. The highest BCUT2D eigenvalue weighted by Gasteiger charge is 2.26. The molecule has 2 heterocycles. The monoisotopic (exact) mass is 440 g/mol. The molecule has 4 aromatic rings. The Morgan fingerprint density at radius 2 is 1.65 bits per heavy atom. The number of aliphatic hydroxyl groups excluding tert-OH is 1. The van der Waals surface area contributed by atoms with Crippen LogP contribution in [-0.2, 0) is 23.1 Å². The van der Waals surface area contributed by atoms with Crippen LogP contribution >= 0.6 is 0 Å². The Labute approximate surface area is 182 Å². The number of unbranched alkanes of at least 4 members (excludes halogenated alkanes) is 1. The lowest BCUT2D eigenvalue weighted by atomic mass is 10.2. The lowest BCUT2D eigenvalue weighted by molar-refractivity contribution is 0.126. The van der Waals surface area contributed by atoms with Crippen LogP contribution in [0.3, 0.4) is 0 Å². The van der Waals surface area contributed by atoms with Crippen molar-refractivity contribution in [2.24, 2.45) is 0 Å². The number of hydrogen-bond acceptors (Lipinski definition) is 4. The first-order valence-corrected chi connectivity index (χ1v) is 12.2. The molecule has 7 heteroatoms. The van der Waals surface area contributed by atoms with Crippen molar-refractivity contribution in [3.8, 4) is 0 Å². The van der Waals surface area contributed by atoms with E-state index >= 15 is 0 Å². The van der Waals surface area contributed by atoms with E-state index in [9.17, 15) is 13.5 Å². The first-order chi connectivity index (χ1) is 15.0. The Morgan fingerprint density at radius 3 is 2.23 bits per heavy atom. The number of aliphatic hydroxyl groups is 1. The van der Waals surface area contributed by atoms with Crippen molar-refractivity contribution < 1.29 is 17.9 Å². The van der Waals surface area contributed by atoms with Gasteiger partial charge in [0, 0.05) is 28.4 Å². The molecular formula is C24H28N2O4S. The maximum Gasteiger partial charge on any atom is 0.214 e. The summed E-state index contributed by atoms with van der Waals surface area (Å²) in [5.74, 6) is 0.621. The Kier molecular flexibility index (Phi) is 6.46. The third kappa shape index (κ3) is 4.69. The molecule has 0 radical (unpaired) electrons. The van der Waals surface area contributed by atoms with E-state index in [0.29, 0.717) is 18.7 Å². The number of hydrogen-bond donors (Lipinski definition) is 1. The van der Waals surface area contributed by atoms with E-state index in [0.717, 1.165) is 28.2 Å². The largest absolute Gasteiger partial charge is 0.468 e. The van der Waals surface area contributed by atoms with Gasteiger partial charge in [0.1, 0.15) is 5.76 Å². The van der Waals surface area contributed by atoms with Gasteiger partial charge in [0.05, 0.1) is 31.2 Å². The fraction of sp³-hybridized carbons (Fsp3) is 0.333. The number of aromatic nitrogens is 1. The van der Waals surface area contributed by atoms with Gasteiger partial charge >= 0.3 is 0 Å². The zero-order valence-electron chi connectivity index (χ0n) is 17.6. The molecule has 1 unspecified atom stereocenters. The summed E-state index contributed by atoms with van der Waals surface area (Å²) < 4.78 is 34.7. The highest BCUT2D eigenvalue weighted by molar-refractivity contribution is 7.89. The van der Waals surface area contributed by atoms with Crippen LogP contribution in [-0.4, -0.2) is 40.8 Å². The number of para-hydroxylation sites is 2. The van der Waals surface area contributed by atoms with E-state index in [1.54, 1.807) is 12.1 Å². The quantitative estimate of drug-likeness (QED) is 0.397. The molecule has 2 aromatic heterocycles. The Bertz CT molecular complexity index is 1190. The maximum atomic E-state index is 12.9. The van der Waals surface area contributed by atoms with Gasteiger partial charge < -0.3 is 14.1 Å². The van der Waals surface area contributed by atoms with Gasteiger partial charge in [-0.1, -0.05) is 49.7 Å². The van der Waals surface area contributed by atoms with E-state index in [1.807, 2.05) is 43.3 Å². The van der Waals surface area contributed by atoms with Crippen molar-refractivity contribution in [3.05, 3.63) is 72.7 Å². The first-order valence-electron chi connectivity index (χ1n) is 10.6. The van der Waals surface area contributed by atoms with Crippen LogP contribution in [0.4, 0.5) is 0 Å². The second kappa shape index (κ2) is 9.26. The highest BCUT2D eigenvalue weighted by atomic mass is 32.2. The zero-order valence-corrected chi connectivity index (χ0v) is 18.5. The van der Waals surface area contributed by atoms with E-state index in [1.165, 1.54) is 10.6 Å². The van der Waals surface area contributed by atoms with Gasteiger partial charge in [0.2, 0.25) is 10.0 Å². The molecule has 0 aliphatic carbocycles. The molecule has 0 fully saturated rings. The Hall–Kier alpha value is -2.61. The van der Waals surface area contributed by atoms with Gasteiger partial charge in [-0.15, -0.1) is 0 Å². The minimum Gasteiger partial charge on any atom is -0.468 e. The average molecular weight is 441 g/mol. The summed E-state index contributed by atoms with van der Waals surface area (Å²) in [6.45, 7) is 2.38. The summed E-state index contributed by atoms with van der Waals surface area (Å²) in [6.07, 6.45) is 2.03.